The van der Waals surface area contributed by atoms with Gasteiger partial charge in [0.25, 0.3) is 0 Å². The molecule has 0 atom stereocenters. The number of hydrogen-bond acceptors (Lipinski definition) is 3. The van der Waals surface area contributed by atoms with Crippen molar-refractivity contribution in [3.05, 3.63) is 23.8 Å². The van der Waals surface area contributed by atoms with Crippen molar-refractivity contribution in [1.29, 1.82) is 0 Å². The highest BCUT2D eigenvalue weighted by Gasteiger charge is 2.10. The number of thiol groups is 1. The van der Waals surface area contributed by atoms with E-state index in [1.54, 1.807) is 0 Å². The van der Waals surface area contributed by atoms with Gasteiger partial charge in [0.1, 0.15) is 0 Å². The van der Waals surface area contributed by atoms with Crippen LogP contribution in [0.25, 0.3) is 0 Å². The van der Waals surface area contributed by atoms with Crippen LogP contribution in [0.4, 0.5) is 5.69 Å². The molecule has 1 fully saturated rings. The fourth-order valence-corrected chi connectivity index (χ4v) is 2.85. The maximum absolute atomic E-state index is 5.98. The van der Waals surface area contributed by atoms with Gasteiger partial charge >= 0.3 is 0 Å². The number of piperidine rings is 1. The Morgan fingerprint density at radius 2 is 1.94 bits per heavy atom. The van der Waals surface area contributed by atoms with Crippen LogP contribution in [0, 0.1) is 0 Å². The third kappa shape index (κ3) is 3.65. The first-order valence-corrected chi connectivity index (χ1v) is 7.01. The van der Waals surface area contributed by atoms with Crippen molar-refractivity contribution in [2.24, 2.45) is 0 Å². The molecule has 0 spiro atoms. The Balaban J connectivity index is 1.81. The summed E-state index contributed by atoms with van der Waals surface area (Å²) in [4.78, 5) is 3.60. The van der Waals surface area contributed by atoms with E-state index < -0.39 is 0 Å². The molecule has 0 unspecified atom stereocenters. The molecule has 17 heavy (non-hydrogen) atoms. The molecule has 2 nitrogen and oxygen atoms in total. The van der Waals surface area contributed by atoms with Crippen LogP contribution in [-0.4, -0.2) is 24.5 Å². The second-order valence-corrected chi connectivity index (χ2v) is 5.33. The number of benzene rings is 1. The maximum Gasteiger partial charge on any atom is 0.0357 e. The van der Waals surface area contributed by atoms with Gasteiger partial charge < -0.3 is 10.6 Å². The van der Waals surface area contributed by atoms with Crippen molar-refractivity contribution in [2.75, 3.05) is 25.4 Å². The molecular weight excluding hydrogens is 228 g/mol. The van der Waals surface area contributed by atoms with Gasteiger partial charge in [0.05, 0.1) is 0 Å². The smallest absolute Gasteiger partial charge is 0.0357 e. The summed E-state index contributed by atoms with van der Waals surface area (Å²) >= 11 is 4.47. The van der Waals surface area contributed by atoms with Crippen LogP contribution in [0.5, 0.6) is 0 Å². The molecule has 2 rings (SSSR count). The van der Waals surface area contributed by atoms with E-state index in [1.807, 2.05) is 18.2 Å². The monoisotopic (exact) mass is 250 g/mol. The Bertz CT molecular complexity index is 339. The van der Waals surface area contributed by atoms with Gasteiger partial charge in [-0.15, -0.1) is 12.6 Å². The number of anilines is 1. The number of nitrogens with zero attached hydrogens (tertiary/aromatic N) is 1. The van der Waals surface area contributed by atoms with Crippen LogP contribution in [0.15, 0.2) is 23.1 Å². The van der Waals surface area contributed by atoms with Crippen molar-refractivity contribution in [2.45, 2.75) is 37.0 Å². The summed E-state index contributed by atoms with van der Waals surface area (Å²) in [5.74, 6) is 0. The highest BCUT2D eigenvalue weighted by molar-refractivity contribution is 7.80. The fourth-order valence-electron chi connectivity index (χ4n) is 2.53. The van der Waals surface area contributed by atoms with Crippen LogP contribution in [-0.2, 0) is 6.42 Å². The lowest BCUT2D eigenvalue weighted by molar-refractivity contribution is 0.226. The van der Waals surface area contributed by atoms with Crippen molar-refractivity contribution in [1.82, 2.24) is 4.90 Å². The zero-order chi connectivity index (χ0) is 12.1. The van der Waals surface area contributed by atoms with E-state index in [-0.39, 0.29) is 0 Å². The lowest BCUT2D eigenvalue weighted by Gasteiger charge is -2.26. The van der Waals surface area contributed by atoms with E-state index in [0.29, 0.717) is 0 Å². The Morgan fingerprint density at radius 1 is 1.18 bits per heavy atom. The highest BCUT2D eigenvalue weighted by atomic mass is 32.1. The molecule has 0 radical (unpaired) electrons. The minimum Gasteiger partial charge on any atom is -0.398 e. The molecule has 1 saturated heterocycles. The lowest BCUT2D eigenvalue weighted by Crippen LogP contribution is -2.30. The average molecular weight is 250 g/mol. The second kappa shape index (κ2) is 6.31. The average Bonchev–Trinajstić information content (AvgIpc) is 2.34. The van der Waals surface area contributed by atoms with E-state index in [1.165, 1.54) is 50.9 Å². The molecule has 1 aliphatic heterocycles. The van der Waals surface area contributed by atoms with Gasteiger partial charge in [-0.25, -0.2) is 0 Å². The summed E-state index contributed by atoms with van der Waals surface area (Å²) in [5.41, 5.74) is 8.08. The fraction of sp³-hybridized carbons (Fsp3) is 0.571. The summed E-state index contributed by atoms with van der Waals surface area (Å²) in [6, 6.07) is 5.96. The Kier molecular flexibility index (Phi) is 4.75. The molecule has 0 aromatic heterocycles. The molecule has 0 bridgehead atoms. The third-order valence-corrected chi connectivity index (χ3v) is 3.96. The Hall–Kier alpha value is -0.670. The molecule has 1 aromatic carbocycles. The number of nitrogen functional groups attached to an aromatic ring is 1. The summed E-state index contributed by atoms with van der Waals surface area (Å²) in [6.07, 6.45) is 6.36. The highest BCUT2D eigenvalue weighted by Crippen LogP contribution is 2.22. The van der Waals surface area contributed by atoms with E-state index in [4.69, 9.17) is 5.73 Å². The van der Waals surface area contributed by atoms with Gasteiger partial charge in [-0.3, -0.25) is 0 Å². The van der Waals surface area contributed by atoms with E-state index in [9.17, 15) is 0 Å². The first kappa shape index (κ1) is 12.8. The number of hydrogen-bond donors (Lipinski definition) is 2. The van der Waals surface area contributed by atoms with Gasteiger partial charge in [-0.05, 0) is 63.0 Å². The van der Waals surface area contributed by atoms with E-state index >= 15 is 0 Å². The normalized spacial score (nSPS) is 17.2. The van der Waals surface area contributed by atoms with Gasteiger partial charge in [-0.2, -0.15) is 0 Å². The molecular formula is C14H22N2S. The molecule has 1 aliphatic rings. The van der Waals surface area contributed by atoms with E-state index in [0.717, 1.165) is 17.0 Å². The molecule has 1 heterocycles. The molecule has 3 heteroatoms. The molecule has 0 saturated carbocycles. The largest absolute Gasteiger partial charge is 0.398 e. The standard InChI is InChI=1S/C14H22N2S/c15-13-7-4-8-14(17)12(13)6-5-11-16-9-2-1-3-10-16/h4,7-8,17H,1-3,5-6,9-11,15H2. The topological polar surface area (TPSA) is 29.3 Å². The zero-order valence-corrected chi connectivity index (χ0v) is 11.3. The minimum absolute atomic E-state index is 0.885. The Morgan fingerprint density at radius 3 is 2.65 bits per heavy atom. The van der Waals surface area contributed by atoms with Crippen molar-refractivity contribution < 1.29 is 0 Å². The number of likely N-dealkylation sites (tertiary alicyclic amines) is 1. The summed E-state index contributed by atoms with van der Waals surface area (Å²) in [6.45, 7) is 3.75. The minimum atomic E-state index is 0.885. The van der Waals surface area contributed by atoms with Crippen molar-refractivity contribution in [3.8, 4) is 0 Å². The Labute approximate surface area is 110 Å². The summed E-state index contributed by atoms with van der Waals surface area (Å²) in [5, 5.41) is 0. The van der Waals surface area contributed by atoms with Crippen LogP contribution in [0.3, 0.4) is 0 Å². The number of rotatable bonds is 4. The maximum atomic E-state index is 5.98. The van der Waals surface area contributed by atoms with Gasteiger partial charge in [0.2, 0.25) is 0 Å². The van der Waals surface area contributed by atoms with Gasteiger partial charge in [0, 0.05) is 10.6 Å². The predicted octanol–water partition coefficient (Wildman–Crippen LogP) is 2.98. The van der Waals surface area contributed by atoms with Gasteiger partial charge in [0.15, 0.2) is 0 Å². The predicted molar refractivity (Wildman–Crippen MR) is 76.7 cm³/mol. The van der Waals surface area contributed by atoms with Crippen LogP contribution < -0.4 is 5.73 Å². The van der Waals surface area contributed by atoms with Crippen molar-refractivity contribution in [3.63, 3.8) is 0 Å². The van der Waals surface area contributed by atoms with Crippen molar-refractivity contribution >= 4 is 18.3 Å². The van der Waals surface area contributed by atoms with Crippen LogP contribution >= 0.6 is 12.6 Å². The zero-order valence-electron chi connectivity index (χ0n) is 10.4. The first-order valence-electron chi connectivity index (χ1n) is 6.56. The van der Waals surface area contributed by atoms with Crippen LogP contribution in [0.2, 0.25) is 0 Å². The second-order valence-electron chi connectivity index (χ2n) is 4.85. The lowest BCUT2D eigenvalue weighted by atomic mass is 10.1. The molecule has 0 amide bonds. The van der Waals surface area contributed by atoms with Gasteiger partial charge in [-0.1, -0.05) is 12.5 Å². The summed E-state index contributed by atoms with van der Waals surface area (Å²) < 4.78 is 0. The third-order valence-electron chi connectivity index (χ3n) is 3.54. The quantitative estimate of drug-likeness (QED) is 0.635. The SMILES string of the molecule is Nc1cccc(S)c1CCCN1CCCCC1. The molecule has 1 aromatic rings. The van der Waals surface area contributed by atoms with E-state index in [2.05, 4.69) is 17.5 Å². The number of nitrogens with two attached hydrogens (primary N) is 1. The first-order chi connectivity index (χ1) is 8.27. The van der Waals surface area contributed by atoms with Crippen LogP contribution in [0.1, 0.15) is 31.2 Å². The molecule has 2 N–H and O–H groups in total. The molecule has 0 aliphatic carbocycles. The summed E-state index contributed by atoms with van der Waals surface area (Å²) in [7, 11) is 0. The molecule has 94 valence electrons.